The number of rotatable bonds is 5. The summed E-state index contributed by atoms with van der Waals surface area (Å²) in [7, 11) is 0. The molecule has 130 valence electrons. The molecule has 2 aromatic heterocycles. The van der Waals surface area contributed by atoms with Crippen LogP contribution in [0.25, 0.3) is 10.6 Å². The van der Waals surface area contributed by atoms with Gasteiger partial charge >= 0.3 is 6.18 Å². The number of nitrogens with one attached hydrogen (secondary N) is 1. The minimum absolute atomic E-state index is 0.141. The van der Waals surface area contributed by atoms with E-state index in [1.165, 1.54) is 23.5 Å². The highest BCUT2D eigenvalue weighted by Crippen LogP contribution is 2.31. The Labute approximate surface area is 150 Å². The molecular weight excluding hydrogens is 369 g/mol. The molecule has 25 heavy (non-hydrogen) atoms. The third-order valence-corrected chi connectivity index (χ3v) is 5.21. The monoisotopic (exact) mass is 382 g/mol. The fourth-order valence-electron chi connectivity index (χ4n) is 2.15. The van der Waals surface area contributed by atoms with Crippen molar-refractivity contribution in [2.45, 2.75) is 19.1 Å². The molecule has 0 bridgehead atoms. The van der Waals surface area contributed by atoms with Crippen molar-refractivity contribution in [3.05, 3.63) is 63.3 Å². The second-order valence-electron chi connectivity index (χ2n) is 5.25. The SMILES string of the molecule is O=C(Cc1csc(-c2ccc(C(F)(F)F)cc2)n1)NCc1cccs1. The highest BCUT2D eigenvalue weighted by molar-refractivity contribution is 7.13. The largest absolute Gasteiger partial charge is 0.416 e. The number of aromatic nitrogens is 1. The van der Waals surface area contributed by atoms with Crippen LogP contribution in [0.1, 0.15) is 16.1 Å². The van der Waals surface area contributed by atoms with E-state index in [1.807, 2.05) is 17.5 Å². The first-order valence-corrected chi connectivity index (χ1v) is 9.09. The summed E-state index contributed by atoms with van der Waals surface area (Å²) < 4.78 is 37.8. The normalized spacial score (nSPS) is 11.5. The summed E-state index contributed by atoms with van der Waals surface area (Å²) >= 11 is 2.87. The minimum Gasteiger partial charge on any atom is -0.351 e. The molecule has 0 saturated heterocycles. The maximum atomic E-state index is 12.6. The number of halogens is 3. The molecule has 0 spiro atoms. The average molecular weight is 382 g/mol. The Morgan fingerprint density at radius 1 is 1.12 bits per heavy atom. The van der Waals surface area contributed by atoms with Crippen molar-refractivity contribution in [2.24, 2.45) is 0 Å². The van der Waals surface area contributed by atoms with Crippen LogP contribution in [0.3, 0.4) is 0 Å². The Bertz CT molecular complexity index is 840. The fraction of sp³-hybridized carbons (Fsp3) is 0.176. The van der Waals surface area contributed by atoms with Gasteiger partial charge in [0.2, 0.25) is 5.91 Å². The molecule has 0 aliphatic heterocycles. The summed E-state index contributed by atoms with van der Waals surface area (Å²) in [6.45, 7) is 0.479. The van der Waals surface area contributed by atoms with Gasteiger partial charge in [-0.05, 0) is 23.6 Å². The van der Waals surface area contributed by atoms with Gasteiger partial charge in [-0.1, -0.05) is 18.2 Å². The van der Waals surface area contributed by atoms with E-state index in [1.54, 1.807) is 16.7 Å². The van der Waals surface area contributed by atoms with E-state index in [4.69, 9.17) is 0 Å². The van der Waals surface area contributed by atoms with Crippen LogP contribution in [-0.4, -0.2) is 10.9 Å². The van der Waals surface area contributed by atoms with Crippen LogP contribution in [0.4, 0.5) is 13.2 Å². The van der Waals surface area contributed by atoms with Crippen molar-refractivity contribution in [1.29, 1.82) is 0 Å². The van der Waals surface area contributed by atoms with E-state index in [9.17, 15) is 18.0 Å². The molecule has 3 nitrogen and oxygen atoms in total. The van der Waals surface area contributed by atoms with Crippen LogP contribution >= 0.6 is 22.7 Å². The van der Waals surface area contributed by atoms with Gasteiger partial charge in [-0.15, -0.1) is 22.7 Å². The predicted octanol–water partition coefficient (Wildman–Crippen LogP) is 4.75. The maximum Gasteiger partial charge on any atom is 0.416 e. The topological polar surface area (TPSA) is 42.0 Å². The summed E-state index contributed by atoms with van der Waals surface area (Å²) in [5, 5.41) is 7.10. The lowest BCUT2D eigenvalue weighted by molar-refractivity contribution is -0.137. The third-order valence-electron chi connectivity index (χ3n) is 3.39. The number of alkyl halides is 3. The summed E-state index contributed by atoms with van der Waals surface area (Å²) in [4.78, 5) is 17.3. The van der Waals surface area contributed by atoms with Crippen LogP contribution in [0.15, 0.2) is 47.2 Å². The van der Waals surface area contributed by atoms with Crippen molar-refractivity contribution in [2.75, 3.05) is 0 Å². The Kier molecular flexibility index (Phi) is 5.19. The molecule has 1 amide bonds. The van der Waals surface area contributed by atoms with Gasteiger partial charge in [-0.25, -0.2) is 4.98 Å². The van der Waals surface area contributed by atoms with Crippen LogP contribution in [-0.2, 0) is 23.9 Å². The first-order valence-electron chi connectivity index (χ1n) is 7.33. The Hall–Kier alpha value is -2.19. The molecule has 0 unspecified atom stereocenters. The van der Waals surface area contributed by atoms with Gasteiger partial charge < -0.3 is 5.32 Å². The van der Waals surface area contributed by atoms with Gasteiger partial charge in [0.05, 0.1) is 24.2 Å². The molecule has 3 aromatic rings. The van der Waals surface area contributed by atoms with E-state index < -0.39 is 11.7 Å². The highest BCUT2D eigenvalue weighted by atomic mass is 32.1. The average Bonchev–Trinajstić information content (AvgIpc) is 3.24. The van der Waals surface area contributed by atoms with E-state index in [0.717, 1.165) is 17.0 Å². The van der Waals surface area contributed by atoms with Crippen molar-refractivity contribution < 1.29 is 18.0 Å². The number of carbonyl (C=O) groups excluding carboxylic acids is 1. The number of thiophene rings is 1. The molecule has 0 saturated carbocycles. The first kappa shape index (κ1) is 17.6. The van der Waals surface area contributed by atoms with Gasteiger partial charge in [0.1, 0.15) is 5.01 Å². The molecule has 2 heterocycles. The second kappa shape index (κ2) is 7.37. The summed E-state index contributed by atoms with van der Waals surface area (Å²) in [5.74, 6) is -0.141. The van der Waals surface area contributed by atoms with E-state index in [2.05, 4.69) is 10.3 Å². The van der Waals surface area contributed by atoms with Crippen LogP contribution in [0.2, 0.25) is 0 Å². The van der Waals surface area contributed by atoms with E-state index in [0.29, 0.717) is 22.8 Å². The molecule has 0 aliphatic carbocycles. The van der Waals surface area contributed by atoms with Crippen LogP contribution < -0.4 is 5.32 Å². The van der Waals surface area contributed by atoms with Gasteiger partial charge in [0.25, 0.3) is 0 Å². The summed E-state index contributed by atoms with van der Waals surface area (Å²) in [6, 6.07) is 8.71. The van der Waals surface area contributed by atoms with Gasteiger partial charge in [0.15, 0.2) is 0 Å². The summed E-state index contributed by atoms with van der Waals surface area (Å²) in [6.07, 6.45) is -4.21. The molecule has 0 atom stereocenters. The molecule has 3 rings (SSSR count). The van der Waals surface area contributed by atoms with Crippen LogP contribution in [0, 0.1) is 0 Å². The Balaban J connectivity index is 1.61. The van der Waals surface area contributed by atoms with E-state index >= 15 is 0 Å². The van der Waals surface area contributed by atoms with Crippen molar-refractivity contribution >= 4 is 28.6 Å². The van der Waals surface area contributed by atoms with Gasteiger partial charge in [-0.2, -0.15) is 13.2 Å². The number of nitrogens with zero attached hydrogens (tertiary/aromatic N) is 1. The first-order chi connectivity index (χ1) is 11.9. The zero-order valence-corrected chi connectivity index (χ0v) is 14.5. The zero-order chi connectivity index (χ0) is 17.9. The molecule has 0 radical (unpaired) electrons. The summed E-state index contributed by atoms with van der Waals surface area (Å²) in [5.41, 5.74) is 0.507. The standard InChI is InChI=1S/C17H13F3N2OS2/c18-17(19,20)12-5-3-11(4-6-12)16-22-13(10-25-16)8-15(23)21-9-14-2-1-7-24-14/h1-7,10H,8-9H2,(H,21,23). The van der Waals surface area contributed by atoms with Gasteiger partial charge in [-0.3, -0.25) is 4.79 Å². The number of hydrogen-bond donors (Lipinski definition) is 1. The Morgan fingerprint density at radius 3 is 2.52 bits per heavy atom. The van der Waals surface area contributed by atoms with Crippen molar-refractivity contribution in [1.82, 2.24) is 10.3 Å². The zero-order valence-electron chi connectivity index (χ0n) is 12.8. The molecule has 0 aliphatic rings. The van der Waals surface area contributed by atoms with Crippen molar-refractivity contribution in [3.8, 4) is 10.6 Å². The Morgan fingerprint density at radius 2 is 1.88 bits per heavy atom. The molecule has 0 fully saturated rings. The molecular formula is C17H13F3N2OS2. The fourth-order valence-corrected chi connectivity index (χ4v) is 3.62. The number of amides is 1. The number of benzene rings is 1. The number of hydrogen-bond acceptors (Lipinski definition) is 4. The second-order valence-corrected chi connectivity index (χ2v) is 7.14. The minimum atomic E-state index is -4.35. The molecule has 8 heteroatoms. The number of carbonyl (C=O) groups is 1. The number of thiazole rings is 1. The van der Waals surface area contributed by atoms with Crippen LogP contribution in [0.5, 0.6) is 0 Å². The molecule has 1 N–H and O–H groups in total. The molecule has 1 aromatic carbocycles. The van der Waals surface area contributed by atoms with Crippen molar-refractivity contribution in [3.63, 3.8) is 0 Å². The van der Waals surface area contributed by atoms with E-state index in [-0.39, 0.29) is 12.3 Å². The lowest BCUT2D eigenvalue weighted by atomic mass is 10.1. The lowest BCUT2D eigenvalue weighted by Gasteiger charge is -2.06. The highest BCUT2D eigenvalue weighted by Gasteiger charge is 2.30. The van der Waals surface area contributed by atoms with Gasteiger partial charge in [0, 0.05) is 15.8 Å². The quantitative estimate of drug-likeness (QED) is 0.692. The third kappa shape index (κ3) is 4.67. The maximum absolute atomic E-state index is 12.6. The smallest absolute Gasteiger partial charge is 0.351 e. The predicted molar refractivity (Wildman–Crippen MR) is 92.4 cm³/mol. The lowest BCUT2D eigenvalue weighted by Crippen LogP contribution is -2.24.